The second kappa shape index (κ2) is 16.5. The molecule has 10 nitrogen and oxygen atoms in total. The van der Waals surface area contributed by atoms with E-state index in [1.165, 1.54) is 6.92 Å². The monoisotopic (exact) mass is 703 g/mol. The Kier molecular flexibility index (Phi) is 13.9. The van der Waals surface area contributed by atoms with Crippen molar-refractivity contribution in [3.63, 3.8) is 0 Å². The van der Waals surface area contributed by atoms with Gasteiger partial charge >= 0.3 is 5.97 Å². The van der Waals surface area contributed by atoms with E-state index < -0.39 is 65.4 Å². The van der Waals surface area contributed by atoms with Crippen molar-refractivity contribution in [2.45, 2.75) is 150 Å². The molecular formula is C40H65NO9. The van der Waals surface area contributed by atoms with E-state index in [0.717, 1.165) is 23.1 Å². The molecule has 2 saturated heterocycles. The summed E-state index contributed by atoms with van der Waals surface area (Å²) in [6.07, 6.45) is -2.53. The van der Waals surface area contributed by atoms with Crippen LogP contribution in [-0.2, 0) is 33.3 Å². The molecule has 0 saturated carbocycles. The first-order chi connectivity index (χ1) is 23.1. The van der Waals surface area contributed by atoms with Crippen LogP contribution in [-0.4, -0.2) is 96.7 Å². The van der Waals surface area contributed by atoms with Gasteiger partial charge < -0.3 is 33.7 Å². The van der Waals surface area contributed by atoms with Crippen molar-refractivity contribution >= 4 is 17.5 Å². The van der Waals surface area contributed by atoms with E-state index in [4.69, 9.17) is 23.7 Å². The third-order valence-electron chi connectivity index (χ3n) is 11.5. The molecule has 0 bridgehead atoms. The van der Waals surface area contributed by atoms with Gasteiger partial charge in [-0.25, -0.2) is 0 Å². The summed E-state index contributed by atoms with van der Waals surface area (Å²) in [5.74, 6) is -4.20. The molecule has 10 heteroatoms. The van der Waals surface area contributed by atoms with Crippen LogP contribution < -0.4 is 4.74 Å². The highest BCUT2D eigenvalue weighted by atomic mass is 16.7. The van der Waals surface area contributed by atoms with Crippen LogP contribution in [0.1, 0.15) is 98.3 Å². The van der Waals surface area contributed by atoms with Gasteiger partial charge in [0.15, 0.2) is 12.1 Å². The maximum Gasteiger partial charge on any atom is 0.316 e. The summed E-state index contributed by atoms with van der Waals surface area (Å²) in [5, 5.41) is 12.3. The minimum atomic E-state index is -1.80. The number of carbonyl (C=O) groups is 3. The van der Waals surface area contributed by atoms with Gasteiger partial charge in [0, 0.05) is 30.9 Å². The lowest BCUT2D eigenvalue weighted by Crippen LogP contribution is -2.59. The van der Waals surface area contributed by atoms with Crippen LogP contribution in [0.25, 0.3) is 0 Å². The Bertz CT molecular complexity index is 1340. The van der Waals surface area contributed by atoms with Gasteiger partial charge in [0.2, 0.25) is 0 Å². The highest BCUT2D eigenvalue weighted by Crippen LogP contribution is 2.40. The molecule has 1 N–H and O–H groups in total. The maximum absolute atomic E-state index is 14.5. The van der Waals surface area contributed by atoms with E-state index in [1.54, 1.807) is 34.8 Å². The molecule has 1 aromatic rings. The van der Waals surface area contributed by atoms with Gasteiger partial charge in [-0.1, -0.05) is 52.3 Å². The smallest absolute Gasteiger partial charge is 0.316 e. The van der Waals surface area contributed by atoms with Crippen LogP contribution in [0.5, 0.6) is 5.75 Å². The van der Waals surface area contributed by atoms with Crippen molar-refractivity contribution in [3.05, 3.63) is 28.8 Å². The Hall–Kier alpha value is -2.37. The van der Waals surface area contributed by atoms with Crippen LogP contribution in [0, 0.1) is 50.4 Å². The summed E-state index contributed by atoms with van der Waals surface area (Å²) >= 11 is 0. The summed E-state index contributed by atoms with van der Waals surface area (Å²) in [7, 11) is 5.62. The average Bonchev–Trinajstić information content (AvgIpc) is 3.04. The molecule has 0 aromatic heterocycles. The Morgan fingerprint density at radius 2 is 1.48 bits per heavy atom. The molecule has 2 aliphatic heterocycles. The average molecular weight is 704 g/mol. The Morgan fingerprint density at radius 3 is 2.00 bits per heavy atom. The molecule has 284 valence electrons. The number of aryl methyl sites for hydroxylation is 3. The summed E-state index contributed by atoms with van der Waals surface area (Å²) < 4.78 is 32.0. The largest absolute Gasteiger partial charge is 0.486 e. The number of hydrogen-bond donors (Lipinski definition) is 1. The third-order valence-corrected chi connectivity index (χ3v) is 11.5. The highest BCUT2D eigenvalue weighted by molar-refractivity contribution is 6.00. The zero-order valence-corrected chi connectivity index (χ0v) is 33.3. The normalized spacial score (nSPS) is 39.6. The number of esters is 1. The molecule has 4 unspecified atom stereocenters. The zero-order valence-electron chi connectivity index (χ0n) is 33.3. The van der Waals surface area contributed by atoms with Crippen molar-refractivity contribution in [1.82, 2.24) is 4.90 Å². The van der Waals surface area contributed by atoms with Crippen molar-refractivity contribution in [1.29, 1.82) is 0 Å². The second-order valence-corrected chi connectivity index (χ2v) is 16.0. The van der Waals surface area contributed by atoms with Gasteiger partial charge in [0.05, 0.1) is 23.7 Å². The minimum Gasteiger partial charge on any atom is -0.486 e. The fourth-order valence-electron chi connectivity index (χ4n) is 8.45. The second-order valence-electron chi connectivity index (χ2n) is 16.0. The predicted molar refractivity (Wildman–Crippen MR) is 193 cm³/mol. The first kappa shape index (κ1) is 42.0. The minimum absolute atomic E-state index is 0.0432. The number of ether oxygens (including phenoxy) is 5. The molecular weight excluding hydrogens is 638 g/mol. The van der Waals surface area contributed by atoms with Crippen molar-refractivity contribution in [2.24, 2.45) is 29.6 Å². The first-order valence-electron chi connectivity index (χ1n) is 18.4. The van der Waals surface area contributed by atoms with Gasteiger partial charge in [-0.15, -0.1) is 0 Å². The van der Waals surface area contributed by atoms with Crippen molar-refractivity contribution in [3.8, 4) is 5.75 Å². The number of methoxy groups -OCH3 is 1. The molecule has 13 atom stereocenters. The molecule has 0 radical (unpaired) electrons. The molecule has 3 rings (SSSR count). The van der Waals surface area contributed by atoms with E-state index >= 15 is 0 Å². The Morgan fingerprint density at radius 1 is 0.920 bits per heavy atom. The number of nitrogens with zero attached hydrogens (tertiary/aromatic N) is 1. The van der Waals surface area contributed by atoms with Crippen LogP contribution in [0.3, 0.4) is 0 Å². The lowest BCUT2D eigenvalue weighted by atomic mass is 9.74. The molecule has 0 spiro atoms. The Labute approximate surface area is 300 Å². The lowest BCUT2D eigenvalue weighted by molar-refractivity contribution is -0.280. The molecule has 0 aliphatic carbocycles. The van der Waals surface area contributed by atoms with Crippen molar-refractivity contribution < 1.29 is 43.2 Å². The van der Waals surface area contributed by atoms with Gasteiger partial charge in [-0.05, 0) is 93.0 Å². The summed E-state index contributed by atoms with van der Waals surface area (Å²) in [5.41, 5.74) is -0.164. The number of hydrogen-bond acceptors (Lipinski definition) is 10. The van der Waals surface area contributed by atoms with Crippen LogP contribution >= 0.6 is 0 Å². The first-order valence-corrected chi connectivity index (χ1v) is 18.4. The van der Waals surface area contributed by atoms with Gasteiger partial charge in [-0.2, -0.15) is 0 Å². The summed E-state index contributed by atoms with van der Waals surface area (Å²) in [6, 6.07) is 4.15. The molecule has 0 amide bonds. The van der Waals surface area contributed by atoms with E-state index in [0.29, 0.717) is 5.75 Å². The standard InChI is InChI=1S/C40H65NO9/c1-16-31-40(12,45)36(49-34-22(3)17-21(2)18-23(34)4)27(8)32(42)24(5)20-39(11,46-15)35(28(9)33(43)29(10)37(44)48-31)50-38-26(7)30(41(13)14)19-25(6)47-38/h17-18,24-31,35-36,38,45H,16,19-20H2,1-15H3/t24-,25?,26?,27+,28+,29-,30?,31-,35-,36-,38?,39-,40-/m1/s1. The van der Waals surface area contributed by atoms with Crippen LogP contribution in [0.4, 0.5) is 0 Å². The molecule has 2 heterocycles. The van der Waals surface area contributed by atoms with Crippen LogP contribution in [0.15, 0.2) is 12.1 Å². The number of rotatable bonds is 7. The predicted octanol–water partition coefficient (Wildman–Crippen LogP) is 6.01. The molecule has 2 fully saturated rings. The number of carbonyl (C=O) groups excluding carboxylic acids is 3. The highest BCUT2D eigenvalue weighted by Gasteiger charge is 2.52. The summed E-state index contributed by atoms with van der Waals surface area (Å²) in [4.78, 5) is 44.7. The van der Waals surface area contributed by atoms with E-state index in [1.807, 2.05) is 67.8 Å². The van der Waals surface area contributed by atoms with Gasteiger partial charge in [0.25, 0.3) is 0 Å². The fraction of sp³-hybridized carbons (Fsp3) is 0.775. The maximum atomic E-state index is 14.5. The number of Topliss-reactive ketones (excluding diaryl/α,β-unsaturated/α-hetero) is 2. The summed E-state index contributed by atoms with van der Waals surface area (Å²) in [6.45, 7) is 22.0. The van der Waals surface area contributed by atoms with E-state index in [9.17, 15) is 19.5 Å². The van der Waals surface area contributed by atoms with Gasteiger partial charge in [-0.3, -0.25) is 14.4 Å². The molecule has 50 heavy (non-hydrogen) atoms. The van der Waals surface area contributed by atoms with Crippen LogP contribution in [0.2, 0.25) is 0 Å². The van der Waals surface area contributed by atoms with E-state index in [2.05, 4.69) is 11.8 Å². The van der Waals surface area contributed by atoms with Crippen molar-refractivity contribution in [2.75, 3.05) is 21.2 Å². The third kappa shape index (κ3) is 8.80. The number of aliphatic hydroxyl groups is 1. The fourth-order valence-corrected chi connectivity index (χ4v) is 8.45. The molecule has 1 aromatic carbocycles. The Balaban J connectivity index is 2.16. The lowest BCUT2D eigenvalue weighted by Gasteiger charge is -2.47. The number of cyclic esters (lactones) is 1. The number of benzene rings is 1. The topological polar surface area (TPSA) is 121 Å². The quantitative estimate of drug-likeness (QED) is 0.267. The van der Waals surface area contributed by atoms with Gasteiger partial charge in [0.1, 0.15) is 35.3 Å². The number of ketones is 2. The SMILES string of the molecule is CC[C@H]1OC(=O)[C@H](C)C(=O)[C@H](C)[C@@H](OC2OC(C)CC(N(C)C)C2C)[C@](C)(OC)C[C@@H](C)C(=O)[C@H](C)[C@@H](Oc2c(C)cc(C)cc2C)[C@]1(C)O. The van der Waals surface area contributed by atoms with E-state index in [-0.39, 0.29) is 42.5 Å². The zero-order chi connectivity index (χ0) is 38.0. The molecule has 2 aliphatic rings.